The lowest BCUT2D eigenvalue weighted by molar-refractivity contribution is -0.132. The van der Waals surface area contributed by atoms with Crippen LogP contribution in [0, 0.1) is 0 Å². The number of benzene rings is 3. The Balaban J connectivity index is 1.86. The van der Waals surface area contributed by atoms with Gasteiger partial charge in [-0.15, -0.1) is 0 Å². The summed E-state index contributed by atoms with van der Waals surface area (Å²) in [4.78, 5) is 32.3. The SMILES string of the molecule is CCN(CC)c1ccc(N2C(=O)C(=O)/C(=C(\O)c3ccccc3)C2c2ccc(N(C)C)cc2)cc1. The molecule has 6 heteroatoms. The number of Topliss-reactive ketones (excluding diaryl/α,β-unsaturated/α-hetero) is 1. The van der Waals surface area contributed by atoms with Crippen LogP contribution in [0.5, 0.6) is 0 Å². The predicted molar refractivity (Wildman–Crippen MR) is 142 cm³/mol. The Labute approximate surface area is 206 Å². The zero-order valence-corrected chi connectivity index (χ0v) is 20.6. The van der Waals surface area contributed by atoms with E-state index in [0.717, 1.165) is 30.0 Å². The average molecular weight is 470 g/mol. The molecular weight excluding hydrogens is 438 g/mol. The summed E-state index contributed by atoms with van der Waals surface area (Å²) in [5.74, 6) is -1.52. The summed E-state index contributed by atoms with van der Waals surface area (Å²) in [6, 6.07) is 23.5. The smallest absolute Gasteiger partial charge is 0.300 e. The molecule has 0 radical (unpaired) electrons. The van der Waals surface area contributed by atoms with Gasteiger partial charge in [0.05, 0.1) is 11.6 Å². The fourth-order valence-electron chi connectivity index (χ4n) is 4.53. The minimum absolute atomic E-state index is 0.0895. The van der Waals surface area contributed by atoms with Crippen LogP contribution >= 0.6 is 0 Å². The Morgan fingerprint density at radius 3 is 1.94 bits per heavy atom. The van der Waals surface area contributed by atoms with Gasteiger partial charge in [-0.05, 0) is 55.8 Å². The van der Waals surface area contributed by atoms with Crippen molar-refractivity contribution < 1.29 is 14.7 Å². The molecule has 180 valence electrons. The van der Waals surface area contributed by atoms with Gasteiger partial charge in [0.15, 0.2) is 0 Å². The molecule has 1 N–H and O–H groups in total. The second kappa shape index (κ2) is 10.1. The van der Waals surface area contributed by atoms with Gasteiger partial charge in [-0.25, -0.2) is 0 Å². The van der Waals surface area contributed by atoms with Crippen molar-refractivity contribution in [1.29, 1.82) is 0 Å². The molecular formula is C29H31N3O3. The normalized spacial score (nSPS) is 17.0. The molecule has 1 amide bonds. The van der Waals surface area contributed by atoms with Gasteiger partial charge in [-0.3, -0.25) is 14.5 Å². The molecule has 1 saturated heterocycles. The largest absolute Gasteiger partial charge is 0.507 e. The Bertz CT molecular complexity index is 1230. The number of hydrogen-bond acceptors (Lipinski definition) is 5. The summed E-state index contributed by atoms with van der Waals surface area (Å²) in [5, 5.41) is 11.2. The number of hydrogen-bond donors (Lipinski definition) is 1. The minimum Gasteiger partial charge on any atom is -0.507 e. The van der Waals surface area contributed by atoms with E-state index < -0.39 is 17.7 Å². The first-order valence-electron chi connectivity index (χ1n) is 11.9. The van der Waals surface area contributed by atoms with E-state index >= 15 is 0 Å². The van der Waals surface area contributed by atoms with E-state index in [4.69, 9.17) is 0 Å². The molecule has 0 spiro atoms. The number of carbonyl (C=O) groups excluding carboxylic acids is 2. The van der Waals surface area contributed by atoms with Crippen LogP contribution in [0.1, 0.15) is 31.0 Å². The van der Waals surface area contributed by atoms with E-state index in [-0.39, 0.29) is 11.3 Å². The average Bonchev–Trinajstić information content (AvgIpc) is 3.15. The molecule has 0 bridgehead atoms. The summed E-state index contributed by atoms with van der Waals surface area (Å²) in [6.07, 6.45) is 0. The lowest BCUT2D eigenvalue weighted by Crippen LogP contribution is -2.29. The molecule has 1 fully saturated rings. The van der Waals surface area contributed by atoms with Crippen LogP contribution in [0.4, 0.5) is 17.1 Å². The van der Waals surface area contributed by atoms with Gasteiger partial charge in [0, 0.05) is 49.8 Å². The zero-order chi connectivity index (χ0) is 25.1. The van der Waals surface area contributed by atoms with E-state index in [1.807, 2.05) is 73.6 Å². The quantitative estimate of drug-likeness (QED) is 0.292. The third-order valence-electron chi connectivity index (χ3n) is 6.47. The van der Waals surface area contributed by atoms with Gasteiger partial charge >= 0.3 is 0 Å². The van der Waals surface area contributed by atoms with Crippen molar-refractivity contribution in [3.8, 4) is 0 Å². The number of amides is 1. The van der Waals surface area contributed by atoms with Crippen LogP contribution in [-0.2, 0) is 9.59 Å². The molecule has 0 aromatic heterocycles. The van der Waals surface area contributed by atoms with E-state index in [1.165, 1.54) is 4.90 Å². The maximum absolute atomic E-state index is 13.4. The van der Waals surface area contributed by atoms with Crippen molar-refractivity contribution in [1.82, 2.24) is 0 Å². The van der Waals surface area contributed by atoms with E-state index in [2.05, 4.69) is 18.7 Å². The highest BCUT2D eigenvalue weighted by Crippen LogP contribution is 2.42. The Kier molecular flexibility index (Phi) is 6.92. The first-order valence-corrected chi connectivity index (χ1v) is 11.9. The summed E-state index contributed by atoms with van der Waals surface area (Å²) in [5.41, 5.74) is 3.99. The second-order valence-corrected chi connectivity index (χ2v) is 8.71. The molecule has 1 aliphatic rings. The molecule has 1 atom stereocenters. The number of aliphatic hydroxyl groups excluding tert-OH is 1. The van der Waals surface area contributed by atoms with Gasteiger partial charge in [-0.1, -0.05) is 42.5 Å². The standard InChI is InChI=1S/C29H31N3O3/c1-5-31(6-2)23-16-18-24(19-17-23)32-26(20-12-14-22(15-13-20)30(3)4)25(28(34)29(32)35)27(33)21-10-8-7-9-11-21/h7-19,26,33H,5-6H2,1-4H3/b27-25-. The van der Waals surface area contributed by atoms with Crippen LogP contribution in [0.15, 0.2) is 84.4 Å². The number of ketones is 1. The minimum atomic E-state index is -0.745. The third kappa shape index (κ3) is 4.52. The fourth-order valence-corrected chi connectivity index (χ4v) is 4.53. The highest BCUT2D eigenvalue weighted by atomic mass is 16.3. The molecule has 3 aromatic carbocycles. The zero-order valence-electron chi connectivity index (χ0n) is 20.6. The van der Waals surface area contributed by atoms with Gasteiger partial charge in [0.2, 0.25) is 0 Å². The van der Waals surface area contributed by atoms with Crippen molar-refractivity contribution in [2.75, 3.05) is 41.9 Å². The van der Waals surface area contributed by atoms with E-state index in [1.54, 1.807) is 24.3 Å². The Hall–Kier alpha value is -4.06. The summed E-state index contributed by atoms with van der Waals surface area (Å²) < 4.78 is 0. The van der Waals surface area contributed by atoms with Crippen LogP contribution < -0.4 is 14.7 Å². The van der Waals surface area contributed by atoms with Crippen LogP contribution in [-0.4, -0.2) is 44.0 Å². The highest BCUT2D eigenvalue weighted by Gasteiger charge is 2.47. The Morgan fingerprint density at radius 2 is 1.40 bits per heavy atom. The highest BCUT2D eigenvalue weighted by molar-refractivity contribution is 6.51. The fraction of sp³-hybridized carbons (Fsp3) is 0.241. The van der Waals surface area contributed by atoms with Crippen molar-refractivity contribution in [3.63, 3.8) is 0 Å². The van der Waals surface area contributed by atoms with Gasteiger partial charge < -0.3 is 14.9 Å². The van der Waals surface area contributed by atoms with Crippen LogP contribution in [0.25, 0.3) is 5.76 Å². The van der Waals surface area contributed by atoms with E-state index in [9.17, 15) is 14.7 Å². The first-order chi connectivity index (χ1) is 16.9. The van der Waals surface area contributed by atoms with Gasteiger partial charge in [0.25, 0.3) is 11.7 Å². The van der Waals surface area contributed by atoms with Gasteiger partial charge in [-0.2, -0.15) is 0 Å². The van der Waals surface area contributed by atoms with Gasteiger partial charge in [0.1, 0.15) is 5.76 Å². The summed E-state index contributed by atoms with van der Waals surface area (Å²) in [6.45, 7) is 5.93. The van der Waals surface area contributed by atoms with E-state index in [0.29, 0.717) is 11.3 Å². The topological polar surface area (TPSA) is 64.1 Å². The van der Waals surface area contributed by atoms with Crippen molar-refractivity contribution in [2.45, 2.75) is 19.9 Å². The van der Waals surface area contributed by atoms with Crippen LogP contribution in [0.3, 0.4) is 0 Å². The predicted octanol–water partition coefficient (Wildman–Crippen LogP) is 5.23. The third-order valence-corrected chi connectivity index (χ3v) is 6.47. The lowest BCUT2D eigenvalue weighted by atomic mass is 9.95. The molecule has 6 nitrogen and oxygen atoms in total. The lowest BCUT2D eigenvalue weighted by Gasteiger charge is -2.27. The van der Waals surface area contributed by atoms with Crippen LogP contribution in [0.2, 0.25) is 0 Å². The maximum Gasteiger partial charge on any atom is 0.300 e. The monoisotopic (exact) mass is 469 g/mol. The Morgan fingerprint density at radius 1 is 0.829 bits per heavy atom. The number of rotatable bonds is 7. The number of carbonyl (C=O) groups is 2. The second-order valence-electron chi connectivity index (χ2n) is 8.71. The summed E-state index contributed by atoms with van der Waals surface area (Å²) >= 11 is 0. The molecule has 1 aliphatic heterocycles. The molecule has 4 rings (SSSR count). The van der Waals surface area contributed by atoms with Crippen molar-refractivity contribution in [2.24, 2.45) is 0 Å². The molecule has 1 heterocycles. The first kappa shape index (κ1) is 24.1. The maximum atomic E-state index is 13.4. The molecule has 3 aromatic rings. The number of anilines is 3. The molecule has 1 unspecified atom stereocenters. The number of aliphatic hydroxyl groups is 1. The van der Waals surface area contributed by atoms with Crippen molar-refractivity contribution >= 4 is 34.5 Å². The number of nitrogens with zero attached hydrogens (tertiary/aromatic N) is 3. The van der Waals surface area contributed by atoms with Crippen molar-refractivity contribution in [3.05, 3.63) is 95.6 Å². The molecule has 0 saturated carbocycles. The molecule has 35 heavy (non-hydrogen) atoms. The summed E-state index contributed by atoms with van der Waals surface area (Å²) in [7, 11) is 3.90. The molecule has 0 aliphatic carbocycles.